The average Bonchev–Trinajstić information content (AvgIpc) is 3.08. The minimum absolute atomic E-state index is 0.521. The quantitative estimate of drug-likeness (QED) is 0.813. The fourth-order valence-corrected chi connectivity index (χ4v) is 2.88. The number of imidazole rings is 1. The Morgan fingerprint density at radius 3 is 3.10 bits per heavy atom. The summed E-state index contributed by atoms with van der Waals surface area (Å²) in [4.78, 5) is 4.65. The summed E-state index contributed by atoms with van der Waals surface area (Å²) in [5.74, 6) is 2.07. The van der Waals surface area contributed by atoms with E-state index < -0.39 is 0 Å². The molecule has 2 heterocycles. The number of alkyl halides is 1. The summed E-state index contributed by atoms with van der Waals surface area (Å²) in [7, 11) is 0. The van der Waals surface area contributed by atoms with Gasteiger partial charge >= 0.3 is 0 Å². The number of nitriles is 1. The number of aryl methyl sites for hydroxylation is 1. The number of hydrogen-bond donors (Lipinski definition) is 0. The highest BCUT2D eigenvalue weighted by Crippen LogP contribution is 2.23. The molecule has 1 saturated heterocycles. The van der Waals surface area contributed by atoms with Crippen molar-refractivity contribution in [3.63, 3.8) is 0 Å². The topological polar surface area (TPSA) is 50.8 Å². The number of rotatable bonds is 4. The van der Waals surface area contributed by atoms with Crippen molar-refractivity contribution >= 4 is 22.6 Å². The predicted molar refractivity (Wildman–Crippen MR) is 77.8 cm³/mol. The van der Waals surface area contributed by atoms with Crippen molar-refractivity contribution in [2.45, 2.75) is 19.4 Å². The highest BCUT2D eigenvalue weighted by atomic mass is 35.5. The van der Waals surface area contributed by atoms with Crippen LogP contribution in [-0.2, 0) is 17.7 Å². The van der Waals surface area contributed by atoms with Crippen LogP contribution in [0.2, 0.25) is 0 Å². The number of aromatic nitrogens is 2. The number of fused-ring (bicyclic) bond motifs is 1. The SMILES string of the molecule is N#Cc1ccc2nc(CCCl)n(CC3CCOC3)c2c1. The van der Waals surface area contributed by atoms with Crippen molar-refractivity contribution in [2.75, 3.05) is 19.1 Å². The molecule has 0 radical (unpaired) electrons. The molecule has 104 valence electrons. The fraction of sp³-hybridized carbons (Fsp3) is 0.467. The van der Waals surface area contributed by atoms with Crippen molar-refractivity contribution in [3.8, 4) is 6.07 Å². The van der Waals surface area contributed by atoms with Gasteiger partial charge in [0.05, 0.1) is 29.3 Å². The van der Waals surface area contributed by atoms with Crippen LogP contribution in [0.5, 0.6) is 0 Å². The molecule has 4 nitrogen and oxygen atoms in total. The van der Waals surface area contributed by atoms with E-state index >= 15 is 0 Å². The van der Waals surface area contributed by atoms with Crippen LogP contribution >= 0.6 is 11.6 Å². The lowest BCUT2D eigenvalue weighted by atomic mass is 10.1. The number of hydrogen-bond acceptors (Lipinski definition) is 3. The van der Waals surface area contributed by atoms with Crippen molar-refractivity contribution in [3.05, 3.63) is 29.6 Å². The monoisotopic (exact) mass is 289 g/mol. The maximum absolute atomic E-state index is 9.06. The number of benzene rings is 1. The Labute approximate surface area is 122 Å². The molecule has 3 rings (SSSR count). The van der Waals surface area contributed by atoms with E-state index in [9.17, 15) is 0 Å². The van der Waals surface area contributed by atoms with Gasteiger partial charge in [0.2, 0.25) is 0 Å². The molecule has 5 heteroatoms. The summed E-state index contributed by atoms with van der Waals surface area (Å²) < 4.78 is 7.66. The third-order valence-corrected chi connectivity index (χ3v) is 3.93. The van der Waals surface area contributed by atoms with Gasteiger partial charge in [0.25, 0.3) is 0 Å². The Morgan fingerprint density at radius 2 is 2.40 bits per heavy atom. The zero-order chi connectivity index (χ0) is 13.9. The van der Waals surface area contributed by atoms with Crippen molar-refractivity contribution in [1.82, 2.24) is 9.55 Å². The molecular weight excluding hydrogens is 274 g/mol. The van der Waals surface area contributed by atoms with Gasteiger partial charge in [0.15, 0.2) is 0 Å². The second-order valence-electron chi connectivity index (χ2n) is 5.12. The molecule has 20 heavy (non-hydrogen) atoms. The van der Waals surface area contributed by atoms with E-state index in [1.807, 2.05) is 18.2 Å². The van der Waals surface area contributed by atoms with E-state index in [2.05, 4.69) is 15.6 Å². The van der Waals surface area contributed by atoms with Crippen LogP contribution in [0.4, 0.5) is 0 Å². The van der Waals surface area contributed by atoms with Crippen LogP contribution < -0.4 is 0 Å². The first-order chi connectivity index (χ1) is 9.81. The number of nitrogens with zero attached hydrogens (tertiary/aromatic N) is 3. The zero-order valence-corrected chi connectivity index (χ0v) is 11.9. The first-order valence-electron chi connectivity index (χ1n) is 6.85. The third-order valence-electron chi connectivity index (χ3n) is 3.74. The van der Waals surface area contributed by atoms with Crippen LogP contribution in [0.3, 0.4) is 0 Å². The van der Waals surface area contributed by atoms with Gasteiger partial charge in [-0.2, -0.15) is 5.26 Å². The van der Waals surface area contributed by atoms with Crippen LogP contribution in [-0.4, -0.2) is 28.6 Å². The van der Waals surface area contributed by atoms with Crippen molar-refractivity contribution < 1.29 is 4.74 Å². The summed E-state index contributed by atoms with van der Waals surface area (Å²) in [6, 6.07) is 7.82. The van der Waals surface area contributed by atoms with Crippen LogP contribution in [0.1, 0.15) is 17.8 Å². The summed E-state index contributed by atoms with van der Waals surface area (Å²) in [5.41, 5.74) is 2.62. The largest absolute Gasteiger partial charge is 0.381 e. The van der Waals surface area contributed by atoms with Gasteiger partial charge in [-0.1, -0.05) is 0 Å². The van der Waals surface area contributed by atoms with Gasteiger partial charge in [0.1, 0.15) is 5.82 Å². The molecule has 1 aromatic carbocycles. The fourth-order valence-electron chi connectivity index (χ4n) is 2.71. The molecule has 0 spiro atoms. The van der Waals surface area contributed by atoms with Crippen LogP contribution in [0.15, 0.2) is 18.2 Å². The molecule has 1 aliphatic heterocycles. The summed E-state index contributed by atoms with van der Waals surface area (Å²) >= 11 is 5.88. The Morgan fingerprint density at radius 1 is 1.50 bits per heavy atom. The summed E-state index contributed by atoms with van der Waals surface area (Å²) in [6.07, 6.45) is 1.82. The first-order valence-corrected chi connectivity index (χ1v) is 7.38. The Hall–Kier alpha value is -1.57. The van der Waals surface area contributed by atoms with Crippen LogP contribution in [0, 0.1) is 17.2 Å². The average molecular weight is 290 g/mol. The molecule has 2 aromatic rings. The van der Waals surface area contributed by atoms with Crippen molar-refractivity contribution in [2.24, 2.45) is 5.92 Å². The van der Waals surface area contributed by atoms with E-state index in [1.54, 1.807) is 0 Å². The highest BCUT2D eigenvalue weighted by Gasteiger charge is 2.19. The second-order valence-corrected chi connectivity index (χ2v) is 5.50. The van der Waals surface area contributed by atoms with Crippen molar-refractivity contribution in [1.29, 1.82) is 5.26 Å². The lowest BCUT2D eigenvalue weighted by Gasteiger charge is -2.12. The van der Waals surface area contributed by atoms with E-state index in [-0.39, 0.29) is 0 Å². The molecule has 0 amide bonds. The molecule has 0 bridgehead atoms. The summed E-state index contributed by atoms with van der Waals surface area (Å²) in [6.45, 7) is 2.53. The Bertz CT molecular complexity index is 653. The molecule has 1 unspecified atom stereocenters. The third kappa shape index (κ3) is 2.52. The number of ether oxygens (including phenoxy) is 1. The van der Waals surface area contributed by atoms with Gasteiger partial charge < -0.3 is 9.30 Å². The summed E-state index contributed by atoms with van der Waals surface area (Å²) in [5, 5.41) is 9.06. The normalized spacial score (nSPS) is 18.5. The Kier molecular flexibility index (Phi) is 3.90. The molecule has 1 aromatic heterocycles. The lowest BCUT2D eigenvalue weighted by Crippen LogP contribution is -2.13. The first kappa shape index (κ1) is 13.4. The van der Waals surface area contributed by atoms with Gasteiger partial charge in [-0.3, -0.25) is 0 Å². The Balaban J connectivity index is 2.04. The molecule has 0 N–H and O–H groups in total. The lowest BCUT2D eigenvalue weighted by molar-refractivity contribution is 0.182. The molecule has 1 atom stereocenters. The standard InChI is InChI=1S/C15H16ClN3O/c16-5-3-15-18-13-2-1-11(8-17)7-14(13)19(15)9-12-4-6-20-10-12/h1-2,7,12H,3-6,9-10H2. The van der Waals surface area contributed by atoms with Crippen LogP contribution in [0.25, 0.3) is 11.0 Å². The van der Waals surface area contributed by atoms with E-state index in [4.69, 9.17) is 21.6 Å². The molecule has 1 aliphatic rings. The van der Waals surface area contributed by atoms with Gasteiger partial charge in [0, 0.05) is 31.4 Å². The minimum Gasteiger partial charge on any atom is -0.381 e. The molecule has 0 aliphatic carbocycles. The van der Waals surface area contributed by atoms with E-state index in [1.165, 1.54) is 0 Å². The second kappa shape index (κ2) is 5.82. The minimum atomic E-state index is 0.521. The maximum atomic E-state index is 9.06. The van der Waals surface area contributed by atoms with Gasteiger partial charge in [-0.05, 0) is 24.6 Å². The van der Waals surface area contributed by atoms with Gasteiger partial charge in [-0.15, -0.1) is 11.6 Å². The number of halogens is 1. The maximum Gasteiger partial charge on any atom is 0.111 e. The molecular formula is C15H16ClN3O. The highest BCUT2D eigenvalue weighted by molar-refractivity contribution is 6.17. The zero-order valence-electron chi connectivity index (χ0n) is 11.2. The molecule has 0 saturated carbocycles. The van der Waals surface area contributed by atoms with Gasteiger partial charge in [-0.25, -0.2) is 4.98 Å². The molecule has 1 fully saturated rings. The van der Waals surface area contributed by atoms with E-state index in [0.717, 1.165) is 49.5 Å². The van der Waals surface area contributed by atoms with E-state index in [0.29, 0.717) is 17.4 Å². The predicted octanol–water partition coefficient (Wildman–Crippen LogP) is 2.73. The smallest absolute Gasteiger partial charge is 0.111 e.